The van der Waals surface area contributed by atoms with Crippen molar-refractivity contribution >= 4 is 0 Å². The molecule has 1 aliphatic heterocycles. The molecule has 2 heteroatoms. The van der Waals surface area contributed by atoms with Gasteiger partial charge >= 0.3 is 0 Å². The second kappa shape index (κ2) is 3.05. The average Bonchev–Trinajstić information content (AvgIpc) is 2.51. The normalized spacial score (nSPS) is 13.4. The third kappa shape index (κ3) is 1.24. The van der Waals surface area contributed by atoms with Crippen LogP contribution in [-0.2, 0) is 6.42 Å². The zero-order chi connectivity index (χ0) is 8.39. The maximum atomic E-state index is 5.26. The molecule has 0 saturated carbocycles. The van der Waals surface area contributed by atoms with E-state index in [2.05, 4.69) is 19.1 Å². The van der Waals surface area contributed by atoms with Crippen molar-refractivity contribution in [1.82, 2.24) is 0 Å². The van der Waals surface area contributed by atoms with E-state index in [1.165, 1.54) is 12.0 Å². The Morgan fingerprint density at radius 1 is 1.25 bits per heavy atom. The molecule has 0 N–H and O–H groups in total. The fourth-order valence-corrected chi connectivity index (χ4v) is 1.39. The third-order valence-corrected chi connectivity index (χ3v) is 1.98. The first-order chi connectivity index (χ1) is 5.90. The van der Waals surface area contributed by atoms with E-state index in [4.69, 9.17) is 9.47 Å². The van der Waals surface area contributed by atoms with Crippen molar-refractivity contribution in [3.8, 4) is 11.5 Å². The highest BCUT2D eigenvalue weighted by molar-refractivity contribution is 5.44. The summed E-state index contributed by atoms with van der Waals surface area (Å²) in [5, 5.41) is 0. The molecule has 1 aromatic rings. The Morgan fingerprint density at radius 3 is 2.92 bits per heavy atom. The predicted molar refractivity (Wildman–Crippen MR) is 46.6 cm³/mol. The first kappa shape index (κ1) is 7.47. The highest BCUT2D eigenvalue weighted by Gasteiger charge is 2.12. The summed E-state index contributed by atoms with van der Waals surface area (Å²) >= 11 is 0. The lowest BCUT2D eigenvalue weighted by atomic mass is 10.5. The molecule has 1 aromatic carbocycles. The number of benzene rings is 1. The van der Waals surface area contributed by atoms with Crippen LogP contribution in [0.3, 0.4) is 0 Å². The van der Waals surface area contributed by atoms with Crippen LogP contribution in [-0.4, -0.2) is 6.79 Å². The molecule has 64 valence electrons. The van der Waals surface area contributed by atoms with Gasteiger partial charge in [0.2, 0.25) is 6.79 Å². The lowest BCUT2D eigenvalue weighted by Gasteiger charge is -1.99. The zero-order valence-electron chi connectivity index (χ0n) is 7.17. The Morgan fingerprint density at radius 2 is 2.08 bits per heavy atom. The number of hydrogen-bond donors (Lipinski definition) is 0. The number of ether oxygens (including phenoxy) is 2. The number of fused-ring (bicyclic) bond motifs is 1. The summed E-state index contributed by atoms with van der Waals surface area (Å²) in [6.45, 7) is 2.54. The molecule has 2 nitrogen and oxygen atoms in total. The van der Waals surface area contributed by atoms with E-state index in [0.29, 0.717) is 6.79 Å². The molecule has 0 bridgehead atoms. The summed E-state index contributed by atoms with van der Waals surface area (Å²) in [7, 11) is 0. The lowest BCUT2D eigenvalue weighted by Crippen LogP contribution is -1.92. The minimum atomic E-state index is 0.366. The van der Waals surface area contributed by atoms with Gasteiger partial charge in [0.05, 0.1) is 0 Å². The Bertz CT molecular complexity index is 281. The molecule has 0 amide bonds. The SMILES string of the molecule is CCC[14c]1[14cH][14cH][14c]2[14c]([14cH]1)OCO2. The molecule has 0 aromatic heterocycles. The number of rotatable bonds is 2. The van der Waals surface area contributed by atoms with Crippen LogP contribution < -0.4 is 9.47 Å². The molecule has 0 spiro atoms. The van der Waals surface area contributed by atoms with E-state index >= 15 is 0 Å². The summed E-state index contributed by atoms with van der Waals surface area (Å²) in [4.78, 5) is 0. The highest BCUT2D eigenvalue weighted by atomic mass is 16.9. The lowest BCUT2D eigenvalue weighted by molar-refractivity contribution is 0.174. The van der Waals surface area contributed by atoms with Gasteiger partial charge in [-0.3, -0.25) is 0 Å². The van der Waals surface area contributed by atoms with Gasteiger partial charge in [0.15, 0.2) is 11.5 Å². The molecule has 2 rings (SSSR count). The number of hydrogen-bond acceptors (Lipinski definition) is 2. The molecule has 0 fully saturated rings. The molecule has 1 heterocycles. The van der Waals surface area contributed by atoms with Crippen molar-refractivity contribution < 1.29 is 9.47 Å². The van der Waals surface area contributed by atoms with Crippen molar-refractivity contribution in [1.29, 1.82) is 0 Å². The van der Waals surface area contributed by atoms with Crippen LogP contribution in [0.1, 0.15) is 18.9 Å². The van der Waals surface area contributed by atoms with E-state index in [1.807, 2.05) is 6.07 Å². The van der Waals surface area contributed by atoms with Crippen molar-refractivity contribution in [2.75, 3.05) is 6.79 Å². The van der Waals surface area contributed by atoms with Crippen LogP contribution in [0.25, 0.3) is 0 Å². The summed E-state index contributed by atoms with van der Waals surface area (Å²) < 4.78 is 10.5. The van der Waals surface area contributed by atoms with Gasteiger partial charge in [0.1, 0.15) is 0 Å². The summed E-state index contributed by atoms with van der Waals surface area (Å²) in [5.41, 5.74) is 1.32. The fraction of sp³-hybridized carbons (Fsp3) is 0.400. The molecule has 0 aliphatic carbocycles. The zero-order valence-corrected chi connectivity index (χ0v) is 7.17. The van der Waals surface area contributed by atoms with Crippen molar-refractivity contribution in [2.45, 2.75) is 19.8 Å². The molecule has 12 heavy (non-hydrogen) atoms. The van der Waals surface area contributed by atoms with E-state index in [9.17, 15) is 0 Å². The Labute approximate surface area is 72.1 Å². The second-order valence-electron chi connectivity index (χ2n) is 2.94. The topological polar surface area (TPSA) is 18.5 Å². The Kier molecular flexibility index (Phi) is 1.90. The van der Waals surface area contributed by atoms with Crippen LogP contribution >= 0.6 is 0 Å². The van der Waals surface area contributed by atoms with Crippen LogP contribution in [0.2, 0.25) is 0 Å². The van der Waals surface area contributed by atoms with E-state index < -0.39 is 0 Å². The predicted octanol–water partition coefficient (Wildman–Crippen LogP) is 2.37. The summed E-state index contributed by atoms with van der Waals surface area (Å²) in [6.07, 6.45) is 2.27. The van der Waals surface area contributed by atoms with Gasteiger partial charge < -0.3 is 9.47 Å². The Balaban J connectivity index is 2.26. The third-order valence-electron chi connectivity index (χ3n) is 1.98. The average molecular weight is 176 g/mol. The number of aryl methyl sites for hydroxylation is 1. The van der Waals surface area contributed by atoms with Gasteiger partial charge in [-0.05, 0) is 24.1 Å². The first-order valence-corrected chi connectivity index (χ1v) is 4.28. The molecule has 0 unspecified atom stereocenters. The second-order valence-corrected chi connectivity index (χ2v) is 2.94. The fourth-order valence-electron chi connectivity index (χ4n) is 1.39. The van der Waals surface area contributed by atoms with E-state index in [1.54, 1.807) is 0 Å². The van der Waals surface area contributed by atoms with Crippen molar-refractivity contribution in [3.05, 3.63) is 23.8 Å². The molecular formula is C10H12O2. The van der Waals surface area contributed by atoms with Crippen LogP contribution in [0, 0.1) is 0 Å². The molecular weight excluding hydrogens is 164 g/mol. The van der Waals surface area contributed by atoms with E-state index in [0.717, 1.165) is 17.9 Å². The molecule has 0 radical (unpaired) electrons. The largest absolute Gasteiger partial charge is 0.454 e. The highest BCUT2D eigenvalue weighted by Crippen LogP contribution is 2.32. The first-order valence-electron chi connectivity index (χ1n) is 4.28. The quantitative estimate of drug-likeness (QED) is 0.688. The maximum Gasteiger partial charge on any atom is 0.231 e. The van der Waals surface area contributed by atoms with Gasteiger partial charge in [0.25, 0.3) is 0 Å². The minimum absolute atomic E-state index is 0.366. The van der Waals surface area contributed by atoms with Gasteiger partial charge in [-0.2, -0.15) is 0 Å². The molecule has 0 saturated heterocycles. The van der Waals surface area contributed by atoms with Crippen LogP contribution in [0.5, 0.6) is 11.5 Å². The Hall–Kier alpha value is -1.18. The van der Waals surface area contributed by atoms with Gasteiger partial charge in [-0.15, -0.1) is 0 Å². The summed E-state index contributed by atoms with van der Waals surface area (Å²) in [5.74, 6) is 1.76. The van der Waals surface area contributed by atoms with Crippen molar-refractivity contribution in [2.24, 2.45) is 0 Å². The summed E-state index contributed by atoms with van der Waals surface area (Å²) in [6, 6.07) is 6.14. The van der Waals surface area contributed by atoms with Crippen molar-refractivity contribution in [3.63, 3.8) is 0 Å². The van der Waals surface area contributed by atoms with Gasteiger partial charge in [-0.25, -0.2) is 0 Å². The van der Waals surface area contributed by atoms with Crippen LogP contribution in [0.15, 0.2) is 18.2 Å². The van der Waals surface area contributed by atoms with Crippen LogP contribution in [0.4, 0.5) is 0 Å². The monoisotopic (exact) mass is 176 g/mol. The molecule has 1 aliphatic rings. The minimum Gasteiger partial charge on any atom is -0.454 e. The van der Waals surface area contributed by atoms with Gasteiger partial charge in [-0.1, -0.05) is 19.4 Å². The smallest absolute Gasteiger partial charge is 0.231 e. The molecule has 0 atom stereocenters. The maximum absolute atomic E-state index is 5.26. The standard InChI is InChI=1S/C10H12O2/c1-2-3-8-4-5-9-10(6-8)12-7-11-9/h4-6H,2-3,7H2,1H3/i4+2,5+2,6+2,8+2,9+2,10+2. The van der Waals surface area contributed by atoms with E-state index in [-0.39, 0.29) is 0 Å². The van der Waals surface area contributed by atoms with Gasteiger partial charge in [0, 0.05) is 0 Å².